The summed E-state index contributed by atoms with van der Waals surface area (Å²) in [5.41, 5.74) is 1.08. The number of hydrogen-bond donors (Lipinski definition) is 2. The molecule has 4 heterocycles. The zero-order valence-electron chi connectivity index (χ0n) is 24.2. The Morgan fingerprint density at radius 3 is 2.56 bits per heavy atom. The van der Waals surface area contributed by atoms with Crippen molar-refractivity contribution in [3.8, 4) is 5.88 Å². The predicted octanol–water partition coefficient (Wildman–Crippen LogP) is 5.15. The summed E-state index contributed by atoms with van der Waals surface area (Å²) in [6.45, 7) is 6.92. The van der Waals surface area contributed by atoms with E-state index in [1.165, 1.54) is 31.5 Å². The SMILES string of the molecule is CC1C2COCC(CNc3cnn(C4CCCCC4)c(=O)c3Cl)C12.FC(F)(F)Oc1ccc(NCC2COCCO2)cn1. The molecule has 5 atom stereocenters. The van der Waals surface area contributed by atoms with E-state index in [-0.39, 0.29) is 22.7 Å². The van der Waals surface area contributed by atoms with Crippen LogP contribution in [0.25, 0.3) is 0 Å². The molecule has 10 nitrogen and oxygen atoms in total. The molecular formula is C29H39ClF3N5O5. The molecule has 0 amide bonds. The molecular weight excluding hydrogens is 591 g/mol. The third-order valence-electron chi connectivity index (χ3n) is 8.62. The van der Waals surface area contributed by atoms with Gasteiger partial charge >= 0.3 is 6.36 Å². The maximum Gasteiger partial charge on any atom is 0.574 e. The third kappa shape index (κ3) is 8.74. The molecule has 0 spiro atoms. The third-order valence-corrected chi connectivity index (χ3v) is 8.98. The van der Waals surface area contributed by atoms with Crippen molar-refractivity contribution >= 4 is 23.0 Å². The number of aromatic nitrogens is 3. The molecule has 6 rings (SSSR count). The summed E-state index contributed by atoms with van der Waals surface area (Å²) in [7, 11) is 0. The molecule has 4 aliphatic rings. The molecule has 4 fully saturated rings. The number of fused-ring (bicyclic) bond motifs is 1. The van der Waals surface area contributed by atoms with Crippen molar-refractivity contribution in [1.29, 1.82) is 0 Å². The first-order chi connectivity index (χ1) is 20.7. The summed E-state index contributed by atoms with van der Waals surface area (Å²) >= 11 is 6.34. The number of alkyl halides is 3. The van der Waals surface area contributed by atoms with Gasteiger partial charge in [-0.2, -0.15) is 5.10 Å². The minimum Gasteiger partial charge on any atom is -0.388 e. The zero-order valence-corrected chi connectivity index (χ0v) is 24.9. The van der Waals surface area contributed by atoms with Crippen LogP contribution in [0.1, 0.15) is 45.1 Å². The van der Waals surface area contributed by atoms with Gasteiger partial charge in [0.2, 0.25) is 5.88 Å². The molecule has 0 bridgehead atoms. The lowest BCUT2D eigenvalue weighted by Gasteiger charge is -2.24. The van der Waals surface area contributed by atoms with E-state index in [0.29, 0.717) is 43.7 Å². The molecule has 2 aliphatic carbocycles. The molecule has 238 valence electrons. The predicted molar refractivity (Wildman–Crippen MR) is 155 cm³/mol. The second kappa shape index (κ2) is 14.4. The van der Waals surface area contributed by atoms with Gasteiger partial charge in [-0.25, -0.2) is 9.67 Å². The largest absolute Gasteiger partial charge is 0.574 e. The molecule has 2 N–H and O–H groups in total. The molecule has 2 aliphatic heterocycles. The van der Waals surface area contributed by atoms with Crippen LogP contribution in [0.2, 0.25) is 5.02 Å². The van der Waals surface area contributed by atoms with E-state index in [2.05, 4.69) is 32.4 Å². The van der Waals surface area contributed by atoms with Gasteiger partial charge in [0.15, 0.2) is 0 Å². The summed E-state index contributed by atoms with van der Waals surface area (Å²) in [4.78, 5) is 16.1. The highest BCUT2D eigenvalue weighted by Crippen LogP contribution is 2.53. The topological polar surface area (TPSA) is 109 Å². The monoisotopic (exact) mass is 629 g/mol. The van der Waals surface area contributed by atoms with Gasteiger partial charge in [0.05, 0.1) is 62.3 Å². The minimum atomic E-state index is -4.73. The Labute approximate surface area is 253 Å². The molecule has 5 unspecified atom stereocenters. The van der Waals surface area contributed by atoms with E-state index in [9.17, 15) is 18.0 Å². The van der Waals surface area contributed by atoms with Gasteiger partial charge in [-0.15, -0.1) is 13.2 Å². The summed E-state index contributed by atoms with van der Waals surface area (Å²) in [5, 5.41) is 11.0. The van der Waals surface area contributed by atoms with E-state index in [1.807, 2.05) is 0 Å². The fraction of sp³-hybridized carbons (Fsp3) is 0.690. The fourth-order valence-electron chi connectivity index (χ4n) is 6.23. The lowest BCUT2D eigenvalue weighted by Crippen LogP contribution is -2.34. The maximum atomic E-state index is 12.6. The number of halogens is 4. The van der Waals surface area contributed by atoms with Crippen molar-refractivity contribution in [2.45, 2.75) is 57.5 Å². The van der Waals surface area contributed by atoms with Gasteiger partial charge in [-0.3, -0.25) is 4.79 Å². The quantitative estimate of drug-likeness (QED) is 0.410. The van der Waals surface area contributed by atoms with Crippen LogP contribution in [-0.2, 0) is 14.2 Å². The molecule has 43 heavy (non-hydrogen) atoms. The highest BCUT2D eigenvalue weighted by molar-refractivity contribution is 6.32. The van der Waals surface area contributed by atoms with Crippen LogP contribution >= 0.6 is 11.6 Å². The maximum absolute atomic E-state index is 12.6. The van der Waals surface area contributed by atoms with Gasteiger partial charge < -0.3 is 29.6 Å². The Balaban J connectivity index is 0.000000177. The van der Waals surface area contributed by atoms with E-state index < -0.39 is 12.2 Å². The first-order valence-corrected chi connectivity index (χ1v) is 15.3. The van der Waals surface area contributed by atoms with Crippen LogP contribution in [0, 0.1) is 23.7 Å². The van der Waals surface area contributed by atoms with Crippen LogP contribution in [0.5, 0.6) is 5.88 Å². The van der Waals surface area contributed by atoms with E-state index in [0.717, 1.165) is 56.4 Å². The Kier molecular flexibility index (Phi) is 10.7. The summed E-state index contributed by atoms with van der Waals surface area (Å²) < 4.78 is 57.4. The van der Waals surface area contributed by atoms with Gasteiger partial charge in [0, 0.05) is 31.7 Å². The second-order valence-corrected chi connectivity index (χ2v) is 12.0. The van der Waals surface area contributed by atoms with Crippen LogP contribution in [0.4, 0.5) is 24.5 Å². The second-order valence-electron chi connectivity index (χ2n) is 11.6. The number of hydrogen-bond acceptors (Lipinski definition) is 9. The first-order valence-electron chi connectivity index (χ1n) is 14.9. The van der Waals surface area contributed by atoms with Crippen molar-refractivity contribution in [2.24, 2.45) is 23.7 Å². The summed E-state index contributed by atoms with van der Waals surface area (Å²) in [6.07, 6.45) is 3.82. The fourth-order valence-corrected chi connectivity index (χ4v) is 6.43. The van der Waals surface area contributed by atoms with Crippen molar-refractivity contribution < 1.29 is 32.1 Å². The lowest BCUT2D eigenvalue weighted by atomic mass is 9.96. The van der Waals surface area contributed by atoms with Gasteiger partial charge in [-0.05, 0) is 36.7 Å². The number of anilines is 2. The van der Waals surface area contributed by atoms with Crippen molar-refractivity contribution in [1.82, 2.24) is 14.8 Å². The van der Waals surface area contributed by atoms with Crippen molar-refractivity contribution in [3.63, 3.8) is 0 Å². The van der Waals surface area contributed by atoms with E-state index in [1.54, 1.807) is 10.9 Å². The van der Waals surface area contributed by atoms with Crippen LogP contribution in [-0.4, -0.2) is 73.4 Å². The molecule has 0 radical (unpaired) electrons. The summed E-state index contributed by atoms with van der Waals surface area (Å²) in [5.74, 6) is 2.23. The zero-order chi connectivity index (χ0) is 30.4. The minimum absolute atomic E-state index is 0.0696. The highest BCUT2D eigenvalue weighted by atomic mass is 35.5. The number of pyridine rings is 1. The Morgan fingerprint density at radius 1 is 1.05 bits per heavy atom. The molecule has 0 aromatic carbocycles. The van der Waals surface area contributed by atoms with E-state index >= 15 is 0 Å². The lowest BCUT2D eigenvalue weighted by molar-refractivity contribution is -0.276. The van der Waals surface area contributed by atoms with Gasteiger partial charge in [0.25, 0.3) is 5.56 Å². The molecule has 14 heteroatoms. The van der Waals surface area contributed by atoms with Gasteiger partial charge in [-0.1, -0.05) is 37.8 Å². The summed E-state index contributed by atoms with van der Waals surface area (Å²) in [6, 6.07) is 2.81. The average molecular weight is 630 g/mol. The van der Waals surface area contributed by atoms with E-state index in [4.69, 9.17) is 25.8 Å². The number of nitrogens with zero attached hydrogens (tertiary/aromatic N) is 3. The number of rotatable bonds is 8. The normalized spacial score (nSPS) is 27.3. The Morgan fingerprint density at radius 2 is 1.86 bits per heavy atom. The van der Waals surface area contributed by atoms with Crippen molar-refractivity contribution in [2.75, 3.05) is 56.8 Å². The Bertz CT molecular complexity index is 1240. The smallest absolute Gasteiger partial charge is 0.388 e. The highest BCUT2D eigenvalue weighted by Gasteiger charge is 2.53. The van der Waals surface area contributed by atoms with Crippen LogP contribution in [0.15, 0.2) is 29.3 Å². The number of nitrogens with one attached hydrogen (secondary N) is 2. The van der Waals surface area contributed by atoms with Crippen molar-refractivity contribution in [3.05, 3.63) is 39.9 Å². The molecule has 2 aromatic heterocycles. The molecule has 2 saturated heterocycles. The van der Waals surface area contributed by atoms with Crippen LogP contribution < -0.4 is 20.9 Å². The van der Waals surface area contributed by atoms with Gasteiger partial charge in [0.1, 0.15) is 5.02 Å². The average Bonchev–Trinajstić information content (AvgIpc) is 3.68. The number of ether oxygens (including phenoxy) is 4. The van der Waals surface area contributed by atoms with Crippen LogP contribution in [0.3, 0.4) is 0 Å². The Hall–Kier alpha value is -2.61. The molecule has 2 saturated carbocycles. The molecule has 2 aromatic rings. The standard InChI is InChI=1S/C18H26ClN3O2.C11H13F3N2O3/c1-11-14-10-24-9-12(16(11)14)7-20-15-8-21-22(18(23)17(15)19)13-5-3-2-4-6-13;12-11(13,14)19-10-2-1-8(5-16-10)15-6-9-7-17-3-4-18-9/h8,11-14,16,20H,2-7,9-10H2,1H3;1-2,5,9,15H,3-4,6-7H2. The first kappa shape index (κ1) is 31.8.